The summed E-state index contributed by atoms with van der Waals surface area (Å²) in [6, 6.07) is 12.5. The van der Waals surface area contributed by atoms with Gasteiger partial charge in [-0.05, 0) is 54.2 Å². The largest absolute Gasteiger partial charge is 0.354 e. The molecule has 1 saturated carbocycles. The van der Waals surface area contributed by atoms with E-state index in [4.69, 9.17) is 11.6 Å². The molecule has 2 heterocycles. The first-order valence-corrected chi connectivity index (χ1v) is 12.4. The van der Waals surface area contributed by atoms with Gasteiger partial charge in [-0.3, -0.25) is 9.69 Å². The Labute approximate surface area is 197 Å². The number of rotatable bonds is 7. The topological polar surface area (TPSA) is 48.5 Å². The van der Waals surface area contributed by atoms with Crippen LogP contribution in [-0.2, 0) is 11.3 Å². The lowest BCUT2D eigenvalue weighted by atomic mass is 9.87. The maximum Gasteiger partial charge on any atom is 0.228 e. The Hall–Kier alpha value is -2.11. The highest BCUT2D eigenvalue weighted by Gasteiger charge is 2.27. The molecule has 2 aromatic rings. The molecule has 4 rings (SSSR count). The lowest BCUT2D eigenvalue weighted by Crippen LogP contribution is -2.50. The number of hydrogen-bond acceptors (Lipinski definition) is 4. The fourth-order valence-corrected chi connectivity index (χ4v) is 5.26. The van der Waals surface area contributed by atoms with Crippen molar-refractivity contribution < 1.29 is 4.79 Å². The summed E-state index contributed by atoms with van der Waals surface area (Å²) in [5, 5.41) is 3.83. The summed E-state index contributed by atoms with van der Waals surface area (Å²) in [4.78, 5) is 22.7. The van der Waals surface area contributed by atoms with Crippen molar-refractivity contribution in [1.29, 1.82) is 0 Å². The van der Waals surface area contributed by atoms with Gasteiger partial charge in [-0.15, -0.1) is 0 Å². The van der Waals surface area contributed by atoms with Crippen molar-refractivity contribution in [3.8, 4) is 0 Å². The molecule has 6 heteroatoms. The zero-order chi connectivity index (χ0) is 22.5. The second-order valence-electron chi connectivity index (χ2n) is 9.47. The van der Waals surface area contributed by atoms with Gasteiger partial charge in [-0.25, -0.2) is 4.98 Å². The number of nitrogens with zero attached hydrogens (tertiary/aromatic N) is 3. The van der Waals surface area contributed by atoms with Crippen molar-refractivity contribution in [2.24, 2.45) is 5.92 Å². The minimum absolute atomic E-state index is 0.0471. The van der Waals surface area contributed by atoms with Gasteiger partial charge in [-0.1, -0.05) is 50.4 Å². The molecule has 1 aromatic heterocycles. The molecular weight excluding hydrogens is 420 g/mol. The minimum Gasteiger partial charge on any atom is -0.354 e. The molecule has 1 aliphatic heterocycles. The molecule has 1 atom stereocenters. The summed E-state index contributed by atoms with van der Waals surface area (Å²) in [5.74, 6) is 1.06. The number of halogens is 1. The average Bonchev–Trinajstić information content (AvgIpc) is 3.34. The van der Waals surface area contributed by atoms with E-state index in [1.165, 1.54) is 25.7 Å². The summed E-state index contributed by atoms with van der Waals surface area (Å²) >= 11 is 6.02. The first-order chi connectivity index (χ1) is 15.5. The van der Waals surface area contributed by atoms with Crippen LogP contribution in [0.4, 0.5) is 5.82 Å². The zero-order valence-electron chi connectivity index (χ0n) is 19.3. The number of nitrogens with one attached hydrogen (secondary N) is 1. The van der Waals surface area contributed by atoms with Crippen LogP contribution in [0.15, 0.2) is 42.6 Å². The van der Waals surface area contributed by atoms with Crippen molar-refractivity contribution in [3.05, 3.63) is 58.7 Å². The molecule has 1 amide bonds. The summed E-state index contributed by atoms with van der Waals surface area (Å²) in [6.07, 6.45) is 7.35. The number of amides is 1. The molecule has 2 aliphatic rings. The molecule has 1 unspecified atom stereocenters. The van der Waals surface area contributed by atoms with Gasteiger partial charge in [0.15, 0.2) is 0 Å². The number of piperazine rings is 1. The summed E-state index contributed by atoms with van der Waals surface area (Å²) < 4.78 is 0. The minimum atomic E-state index is -0.197. The standard InChI is InChI=1S/C26H35ClN4O/c1-19(2)25(21-7-9-22(27)10-8-21)26(32)29-18-20-11-12-28-24(17-20)31-15-13-30(14-16-31)23-5-3-4-6-23/h7-12,17,19,23,25H,3-6,13-16,18H2,1-2H3,(H,29,32). The van der Waals surface area contributed by atoms with Crippen LogP contribution < -0.4 is 10.2 Å². The van der Waals surface area contributed by atoms with Crippen molar-refractivity contribution in [1.82, 2.24) is 15.2 Å². The fraction of sp³-hybridized carbons (Fsp3) is 0.538. The van der Waals surface area contributed by atoms with Gasteiger partial charge in [0.1, 0.15) is 5.82 Å². The molecule has 5 nitrogen and oxygen atoms in total. The first-order valence-electron chi connectivity index (χ1n) is 12.0. The Morgan fingerprint density at radius 2 is 1.78 bits per heavy atom. The van der Waals surface area contributed by atoms with Crippen LogP contribution in [-0.4, -0.2) is 48.0 Å². The Kier molecular flexibility index (Phi) is 7.69. The van der Waals surface area contributed by atoms with Crippen LogP contribution >= 0.6 is 11.6 Å². The number of anilines is 1. The Bertz CT molecular complexity index is 887. The second-order valence-corrected chi connectivity index (χ2v) is 9.91. The highest BCUT2D eigenvalue weighted by atomic mass is 35.5. The SMILES string of the molecule is CC(C)C(C(=O)NCc1ccnc(N2CCN(C3CCCC3)CC2)c1)c1ccc(Cl)cc1. The third-order valence-electron chi connectivity index (χ3n) is 6.93. The van der Waals surface area contributed by atoms with E-state index in [-0.39, 0.29) is 17.7 Å². The third kappa shape index (κ3) is 5.62. The van der Waals surface area contributed by atoms with Crippen LogP contribution in [0.1, 0.15) is 56.6 Å². The molecule has 172 valence electrons. The summed E-state index contributed by atoms with van der Waals surface area (Å²) in [5.41, 5.74) is 2.08. The summed E-state index contributed by atoms with van der Waals surface area (Å²) in [7, 11) is 0. The highest BCUT2D eigenvalue weighted by Crippen LogP contribution is 2.27. The second kappa shape index (κ2) is 10.7. The van der Waals surface area contributed by atoms with E-state index in [0.29, 0.717) is 11.6 Å². The molecule has 0 radical (unpaired) electrons. The van der Waals surface area contributed by atoms with Gasteiger partial charge in [-0.2, -0.15) is 0 Å². The van der Waals surface area contributed by atoms with Crippen molar-refractivity contribution in [3.63, 3.8) is 0 Å². The van der Waals surface area contributed by atoms with E-state index in [9.17, 15) is 4.79 Å². The van der Waals surface area contributed by atoms with Gasteiger partial charge in [0.25, 0.3) is 0 Å². The van der Waals surface area contributed by atoms with E-state index in [1.807, 2.05) is 36.5 Å². The van der Waals surface area contributed by atoms with Gasteiger partial charge >= 0.3 is 0 Å². The third-order valence-corrected chi connectivity index (χ3v) is 7.19. The quantitative estimate of drug-likeness (QED) is 0.649. The van der Waals surface area contributed by atoms with Crippen LogP contribution in [0.2, 0.25) is 5.02 Å². The maximum absolute atomic E-state index is 13.0. The maximum atomic E-state index is 13.0. The molecular formula is C26H35ClN4O. The predicted molar refractivity (Wildman–Crippen MR) is 131 cm³/mol. The monoisotopic (exact) mass is 454 g/mol. The number of aromatic nitrogens is 1. The first kappa shape index (κ1) is 23.1. The van der Waals surface area contributed by atoms with Crippen LogP contribution in [0.5, 0.6) is 0 Å². The van der Waals surface area contributed by atoms with Gasteiger partial charge in [0.05, 0.1) is 5.92 Å². The number of hydrogen-bond donors (Lipinski definition) is 1. The number of pyridine rings is 1. The Morgan fingerprint density at radius 1 is 1.09 bits per heavy atom. The molecule has 1 saturated heterocycles. The number of carbonyl (C=O) groups is 1. The fourth-order valence-electron chi connectivity index (χ4n) is 5.14. The predicted octanol–water partition coefficient (Wildman–Crippen LogP) is 4.86. The van der Waals surface area contributed by atoms with Crippen molar-refractivity contribution in [2.75, 3.05) is 31.1 Å². The zero-order valence-corrected chi connectivity index (χ0v) is 20.0. The molecule has 0 spiro atoms. The van der Waals surface area contributed by atoms with Crippen molar-refractivity contribution >= 4 is 23.3 Å². The van der Waals surface area contributed by atoms with Crippen LogP contribution in [0.25, 0.3) is 0 Å². The Morgan fingerprint density at radius 3 is 2.44 bits per heavy atom. The summed E-state index contributed by atoms with van der Waals surface area (Å²) in [6.45, 7) is 8.93. The molecule has 1 N–H and O–H groups in total. The molecule has 0 bridgehead atoms. The normalized spacial score (nSPS) is 18.8. The smallest absolute Gasteiger partial charge is 0.228 e. The number of carbonyl (C=O) groups excluding carboxylic acids is 1. The highest BCUT2D eigenvalue weighted by molar-refractivity contribution is 6.30. The van der Waals surface area contributed by atoms with Crippen LogP contribution in [0, 0.1) is 5.92 Å². The van der Waals surface area contributed by atoms with E-state index < -0.39 is 0 Å². The van der Waals surface area contributed by atoms with E-state index in [1.54, 1.807) is 0 Å². The van der Waals surface area contributed by atoms with Gasteiger partial charge in [0, 0.05) is 50.0 Å². The Balaban J connectivity index is 1.34. The molecule has 32 heavy (non-hydrogen) atoms. The van der Waals surface area contributed by atoms with Crippen LogP contribution in [0.3, 0.4) is 0 Å². The average molecular weight is 455 g/mol. The van der Waals surface area contributed by atoms with Crippen molar-refractivity contribution in [2.45, 2.75) is 58.0 Å². The number of benzene rings is 1. The molecule has 2 fully saturated rings. The lowest BCUT2D eigenvalue weighted by Gasteiger charge is -2.38. The molecule has 1 aromatic carbocycles. The van der Waals surface area contributed by atoms with E-state index >= 15 is 0 Å². The van der Waals surface area contributed by atoms with Gasteiger partial charge in [0.2, 0.25) is 5.91 Å². The molecule has 1 aliphatic carbocycles. The van der Waals surface area contributed by atoms with E-state index in [0.717, 1.165) is 49.2 Å². The lowest BCUT2D eigenvalue weighted by molar-refractivity contribution is -0.123. The van der Waals surface area contributed by atoms with Gasteiger partial charge < -0.3 is 10.2 Å². The van der Waals surface area contributed by atoms with E-state index in [2.05, 4.69) is 40.0 Å².